The molecule has 4 atom stereocenters. The van der Waals surface area contributed by atoms with E-state index in [1.165, 1.54) is 19.3 Å². The fourth-order valence-corrected chi connectivity index (χ4v) is 3.18. The van der Waals surface area contributed by atoms with Gasteiger partial charge in [0.25, 0.3) is 0 Å². The topological polar surface area (TPSA) is 41.5 Å². The second-order valence-corrected chi connectivity index (χ2v) is 6.20. The molecule has 2 rings (SSSR count). The van der Waals surface area contributed by atoms with E-state index in [4.69, 9.17) is 4.74 Å². The van der Waals surface area contributed by atoms with Crippen LogP contribution >= 0.6 is 0 Å². The Morgan fingerprint density at radius 3 is 2.55 bits per heavy atom. The van der Waals surface area contributed by atoms with Gasteiger partial charge < -0.3 is 15.2 Å². The summed E-state index contributed by atoms with van der Waals surface area (Å²) >= 11 is 0. The van der Waals surface area contributed by atoms with E-state index < -0.39 is 6.10 Å². The Bertz CT molecular complexity index is 404. The van der Waals surface area contributed by atoms with E-state index in [-0.39, 0.29) is 0 Å². The van der Waals surface area contributed by atoms with Crippen molar-refractivity contribution in [2.24, 2.45) is 11.8 Å². The third-order valence-corrected chi connectivity index (χ3v) is 4.51. The van der Waals surface area contributed by atoms with Gasteiger partial charge in [-0.05, 0) is 48.8 Å². The molecular formula is C17H27NO2. The maximum Gasteiger partial charge on any atom is 0.118 e. The Morgan fingerprint density at radius 1 is 1.25 bits per heavy atom. The number of ether oxygens (including phenoxy) is 1. The highest BCUT2D eigenvalue weighted by Gasteiger charge is 2.25. The van der Waals surface area contributed by atoms with Crippen molar-refractivity contribution in [2.45, 2.75) is 45.3 Å². The van der Waals surface area contributed by atoms with Gasteiger partial charge in [0, 0.05) is 12.6 Å². The molecule has 0 aliphatic heterocycles. The van der Waals surface area contributed by atoms with Crippen LogP contribution in [0.15, 0.2) is 24.3 Å². The molecule has 112 valence electrons. The normalized spacial score (nSPS) is 28.1. The predicted octanol–water partition coefficient (Wildman–Crippen LogP) is 3.14. The molecule has 3 heteroatoms. The van der Waals surface area contributed by atoms with Crippen LogP contribution in [0, 0.1) is 11.8 Å². The van der Waals surface area contributed by atoms with Crippen molar-refractivity contribution in [3.05, 3.63) is 29.8 Å². The first-order chi connectivity index (χ1) is 9.60. The van der Waals surface area contributed by atoms with Crippen LogP contribution in [0.4, 0.5) is 0 Å². The van der Waals surface area contributed by atoms with Gasteiger partial charge >= 0.3 is 0 Å². The fourth-order valence-electron chi connectivity index (χ4n) is 3.18. The van der Waals surface area contributed by atoms with Crippen molar-refractivity contribution >= 4 is 0 Å². The van der Waals surface area contributed by atoms with Crippen LogP contribution in [-0.4, -0.2) is 24.8 Å². The summed E-state index contributed by atoms with van der Waals surface area (Å²) in [5, 5.41) is 13.8. The highest BCUT2D eigenvalue weighted by atomic mass is 16.5. The van der Waals surface area contributed by atoms with Crippen LogP contribution in [0.2, 0.25) is 0 Å². The fraction of sp³-hybridized carbons (Fsp3) is 0.647. The van der Waals surface area contributed by atoms with Crippen molar-refractivity contribution in [2.75, 3.05) is 13.7 Å². The summed E-state index contributed by atoms with van der Waals surface area (Å²) in [7, 11) is 1.65. The Labute approximate surface area is 122 Å². The van der Waals surface area contributed by atoms with Crippen LogP contribution in [0.3, 0.4) is 0 Å². The van der Waals surface area contributed by atoms with Crippen LogP contribution in [0.5, 0.6) is 5.75 Å². The number of hydrogen-bond acceptors (Lipinski definition) is 3. The average molecular weight is 277 g/mol. The number of aliphatic hydroxyl groups is 1. The van der Waals surface area contributed by atoms with Gasteiger partial charge in [-0.3, -0.25) is 0 Å². The number of rotatable bonds is 5. The van der Waals surface area contributed by atoms with Crippen molar-refractivity contribution in [1.82, 2.24) is 5.32 Å². The van der Waals surface area contributed by atoms with Crippen LogP contribution < -0.4 is 10.1 Å². The minimum atomic E-state index is -0.451. The molecule has 0 aromatic heterocycles. The summed E-state index contributed by atoms with van der Waals surface area (Å²) in [4.78, 5) is 0. The Balaban J connectivity index is 1.83. The predicted molar refractivity (Wildman–Crippen MR) is 81.9 cm³/mol. The second kappa shape index (κ2) is 7.09. The molecule has 1 fully saturated rings. The summed E-state index contributed by atoms with van der Waals surface area (Å²) in [6.07, 6.45) is 3.35. The van der Waals surface area contributed by atoms with Gasteiger partial charge in [-0.1, -0.05) is 26.0 Å². The number of aliphatic hydroxyl groups excluding tert-OH is 1. The summed E-state index contributed by atoms with van der Waals surface area (Å²) in [6.45, 7) is 5.27. The van der Waals surface area contributed by atoms with Crippen molar-refractivity contribution in [3.63, 3.8) is 0 Å². The third kappa shape index (κ3) is 3.97. The Hall–Kier alpha value is -1.06. The molecule has 0 saturated heterocycles. The lowest BCUT2D eigenvalue weighted by molar-refractivity contribution is 0.150. The van der Waals surface area contributed by atoms with E-state index >= 15 is 0 Å². The van der Waals surface area contributed by atoms with E-state index in [1.54, 1.807) is 7.11 Å². The molecule has 0 bridgehead atoms. The van der Waals surface area contributed by atoms with E-state index in [2.05, 4.69) is 19.2 Å². The average Bonchev–Trinajstić information content (AvgIpc) is 2.46. The lowest BCUT2D eigenvalue weighted by Gasteiger charge is -2.33. The molecular weight excluding hydrogens is 250 g/mol. The highest BCUT2D eigenvalue weighted by molar-refractivity contribution is 5.28. The summed E-state index contributed by atoms with van der Waals surface area (Å²) < 4.78 is 5.13. The van der Waals surface area contributed by atoms with Crippen molar-refractivity contribution in [1.29, 1.82) is 0 Å². The van der Waals surface area contributed by atoms with Gasteiger partial charge in [0.05, 0.1) is 13.2 Å². The van der Waals surface area contributed by atoms with Gasteiger partial charge in [-0.15, -0.1) is 0 Å². The van der Waals surface area contributed by atoms with Gasteiger partial charge in [-0.2, -0.15) is 0 Å². The number of methoxy groups -OCH3 is 1. The summed E-state index contributed by atoms with van der Waals surface area (Å²) in [5.74, 6) is 2.36. The van der Waals surface area contributed by atoms with Gasteiger partial charge in [0.15, 0.2) is 0 Å². The van der Waals surface area contributed by atoms with E-state index in [0.717, 1.165) is 17.2 Å². The lowest BCUT2D eigenvalue weighted by Crippen LogP contribution is -2.40. The quantitative estimate of drug-likeness (QED) is 0.869. The molecule has 0 amide bonds. The van der Waals surface area contributed by atoms with Crippen LogP contribution in [0.25, 0.3) is 0 Å². The minimum absolute atomic E-state index is 0.451. The second-order valence-electron chi connectivity index (χ2n) is 6.20. The third-order valence-electron chi connectivity index (χ3n) is 4.51. The first kappa shape index (κ1) is 15.3. The Kier molecular flexibility index (Phi) is 5.44. The zero-order valence-electron chi connectivity index (χ0n) is 12.8. The van der Waals surface area contributed by atoms with Gasteiger partial charge in [0.2, 0.25) is 0 Å². The Morgan fingerprint density at radius 2 is 1.95 bits per heavy atom. The molecule has 0 heterocycles. The number of benzene rings is 1. The zero-order valence-corrected chi connectivity index (χ0v) is 12.8. The standard InChI is InChI=1S/C17H27NO2/c1-12-4-9-16(13(2)10-12)18-11-17(19)14-5-7-15(20-3)8-6-14/h5-8,12-13,16-19H,4,9-11H2,1-3H3. The maximum atomic E-state index is 10.2. The molecule has 2 N–H and O–H groups in total. The molecule has 0 radical (unpaired) electrons. The smallest absolute Gasteiger partial charge is 0.118 e. The largest absolute Gasteiger partial charge is 0.497 e. The molecule has 1 aliphatic carbocycles. The van der Waals surface area contributed by atoms with E-state index in [1.807, 2.05) is 24.3 Å². The number of hydrogen-bond donors (Lipinski definition) is 2. The minimum Gasteiger partial charge on any atom is -0.497 e. The molecule has 1 aromatic rings. The molecule has 1 aromatic carbocycles. The first-order valence-electron chi connectivity index (χ1n) is 7.65. The maximum absolute atomic E-state index is 10.2. The molecule has 1 aliphatic rings. The molecule has 0 spiro atoms. The zero-order chi connectivity index (χ0) is 14.5. The molecule has 20 heavy (non-hydrogen) atoms. The first-order valence-corrected chi connectivity index (χ1v) is 7.65. The number of nitrogens with one attached hydrogen (secondary N) is 1. The van der Waals surface area contributed by atoms with Crippen molar-refractivity contribution < 1.29 is 9.84 Å². The molecule has 1 saturated carbocycles. The summed E-state index contributed by atoms with van der Waals surface area (Å²) in [5.41, 5.74) is 0.940. The van der Waals surface area contributed by atoms with Gasteiger partial charge in [0.1, 0.15) is 5.75 Å². The van der Waals surface area contributed by atoms with Crippen molar-refractivity contribution in [3.8, 4) is 5.75 Å². The van der Waals surface area contributed by atoms with E-state index in [0.29, 0.717) is 18.5 Å². The van der Waals surface area contributed by atoms with Crippen LogP contribution in [0.1, 0.15) is 44.8 Å². The lowest BCUT2D eigenvalue weighted by atomic mass is 9.80. The van der Waals surface area contributed by atoms with Crippen LogP contribution in [-0.2, 0) is 0 Å². The molecule has 4 unspecified atom stereocenters. The summed E-state index contributed by atoms with van der Waals surface area (Å²) in [6, 6.07) is 8.18. The highest BCUT2D eigenvalue weighted by Crippen LogP contribution is 2.29. The van der Waals surface area contributed by atoms with E-state index in [9.17, 15) is 5.11 Å². The van der Waals surface area contributed by atoms with Gasteiger partial charge in [-0.25, -0.2) is 0 Å². The monoisotopic (exact) mass is 277 g/mol. The molecule has 3 nitrogen and oxygen atoms in total. The SMILES string of the molecule is COc1ccc(C(O)CNC2CCC(C)CC2C)cc1.